The SMILES string of the molecule is CNC(=O)[C@@H]1CN(C(=O)c2ccc(C)nc2)CCN1C(C)C. The second-order valence-corrected chi connectivity index (χ2v) is 5.90. The normalized spacial score (nSPS) is 19.3. The summed E-state index contributed by atoms with van der Waals surface area (Å²) in [6, 6.07) is 3.57. The molecule has 0 spiro atoms. The lowest BCUT2D eigenvalue weighted by Gasteiger charge is -2.42. The molecule has 1 saturated heterocycles. The summed E-state index contributed by atoms with van der Waals surface area (Å²) in [5, 5.41) is 2.70. The lowest BCUT2D eigenvalue weighted by Crippen LogP contribution is -2.61. The van der Waals surface area contributed by atoms with E-state index < -0.39 is 0 Å². The maximum atomic E-state index is 12.6. The average molecular weight is 304 g/mol. The predicted molar refractivity (Wildman–Crippen MR) is 84.6 cm³/mol. The van der Waals surface area contributed by atoms with E-state index >= 15 is 0 Å². The van der Waals surface area contributed by atoms with E-state index in [0.717, 1.165) is 5.69 Å². The van der Waals surface area contributed by atoms with Gasteiger partial charge in [0.15, 0.2) is 0 Å². The summed E-state index contributed by atoms with van der Waals surface area (Å²) in [5.41, 5.74) is 1.45. The fraction of sp³-hybridized carbons (Fsp3) is 0.562. The Bertz CT molecular complexity index is 542. The van der Waals surface area contributed by atoms with E-state index in [4.69, 9.17) is 0 Å². The van der Waals surface area contributed by atoms with Crippen LogP contribution in [0, 0.1) is 6.92 Å². The van der Waals surface area contributed by atoms with E-state index in [1.54, 1.807) is 24.2 Å². The molecule has 0 aliphatic carbocycles. The van der Waals surface area contributed by atoms with Crippen LogP contribution >= 0.6 is 0 Å². The molecule has 1 fully saturated rings. The third-order valence-corrected chi connectivity index (χ3v) is 4.08. The molecule has 1 aromatic rings. The number of pyridine rings is 1. The fourth-order valence-electron chi connectivity index (χ4n) is 2.78. The summed E-state index contributed by atoms with van der Waals surface area (Å²) in [6.45, 7) is 7.75. The van der Waals surface area contributed by atoms with Crippen LogP contribution in [-0.4, -0.2) is 65.4 Å². The first-order valence-corrected chi connectivity index (χ1v) is 7.63. The number of hydrogen-bond acceptors (Lipinski definition) is 4. The van der Waals surface area contributed by atoms with Gasteiger partial charge >= 0.3 is 0 Å². The van der Waals surface area contributed by atoms with Crippen molar-refractivity contribution in [3.05, 3.63) is 29.6 Å². The van der Waals surface area contributed by atoms with Crippen LogP contribution in [0.3, 0.4) is 0 Å². The number of carbonyl (C=O) groups is 2. The highest BCUT2D eigenvalue weighted by atomic mass is 16.2. The standard InChI is InChI=1S/C16H24N4O2/c1-11(2)20-8-7-19(10-14(20)15(21)17-4)16(22)13-6-5-12(3)18-9-13/h5-6,9,11,14H,7-8,10H2,1-4H3,(H,17,21)/t14-/m0/s1. The second-order valence-electron chi connectivity index (χ2n) is 5.90. The molecule has 0 unspecified atom stereocenters. The molecule has 1 aliphatic heterocycles. The first kappa shape index (κ1) is 16.4. The molecule has 6 nitrogen and oxygen atoms in total. The summed E-state index contributed by atoms with van der Waals surface area (Å²) in [4.78, 5) is 32.8. The smallest absolute Gasteiger partial charge is 0.255 e. The average Bonchev–Trinajstić information content (AvgIpc) is 2.53. The van der Waals surface area contributed by atoms with Crippen LogP contribution in [0.4, 0.5) is 0 Å². The molecule has 2 rings (SSSR count). The summed E-state index contributed by atoms with van der Waals surface area (Å²) in [5.74, 6) is -0.113. The number of hydrogen-bond donors (Lipinski definition) is 1. The van der Waals surface area contributed by atoms with Gasteiger partial charge in [0.05, 0.1) is 5.56 Å². The van der Waals surface area contributed by atoms with Gasteiger partial charge in [-0.25, -0.2) is 0 Å². The molecule has 1 N–H and O–H groups in total. The zero-order chi connectivity index (χ0) is 16.3. The monoisotopic (exact) mass is 304 g/mol. The topological polar surface area (TPSA) is 65.5 Å². The van der Waals surface area contributed by atoms with Gasteiger partial charge in [-0.15, -0.1) is 0 Å². The molecule has 1 atom stereocenters. The molecular weight excluding hydrogens is 280 g/mol. The van der Waals surface area contributed by atoms with Crippen molar-refractivity contribution in [2.24, 2.45) is 0 Å². The number of carbonyl (C=O) groups excluding carboxylic acids is 2. The quantitative estimate of drug-likeness (QED) is 0.891. The van der Waals surface area contributed by atoms with Crippen LogP contribution in [-0.2, 0) is 4.79 Å². The lowest BCUT2D eigenvalue weighted by atomic mass is 10.1. The van der Waals surface area contributed by atoms with Gasteiger partial charge in [0.2, 0.25) is 5.91 Å². The van der Waals surface area contributed by atoms with Gasteiger partial charge in [0.1, 0.15) is 6.04 Å². The van der Waals surface area contributed by atoms with Gasteiger partial charge in [0, 0.05) is 44.6 Å². The van der Waals surface area contributed by atoms with Crippen molar-refractivity contribution in [2.75, 3.05) is 26.7 Å². The van der Waals surface area contributed by atoms with E-state index in [1.807, 2.05) is 13.0 Å². The van der Waals surface area contributed by atoms with Gasteiger partial charge in [-0.3, -0.25) is 19.5 Å². The highest BCUT2D eigenvalue weighted by Crippen LogP contribution is 2.16. The van der Waals surface area contributed by atoms with Crippen LogP contribution in [0.2, 0.25) is 0 Å². The molecule has 2 heterocycles. The predicted octanol–water partition coefficient (Wildman–Crippen LogP) is 0.671. The molecule has 6 heteroatoms. The number of piperazine rings is 1. The minimum absolute atomic E-state index is 0.0479. The number of rotatable bonds is 3. The maximum absolute atomic E-state index is 12.6. The molecule has 0 saturated carbocycles. The Kier molecular flexibility index (Phi) is 5.13. The molecule has 0 radical (unpaired) electrons. The van der Waals surface area contributed by atoms with E-state index in [2.05, 4.69) is 29.0 Å². The van der Waals surface area contributed by atoms with E-state index in [1.165, 1.54) is 0 Å². The lowest BCUT2D eigenvalue weighted by molar-refractivity contribution is -0.128. The van der Waals surface area contributed by atoms with Crippen molar-refractivity contribution >= 4 is 11.8 Å². The van der Waals surface area contributed by atoms with E-state index in [9.17, 15) is 9.59 Å². The minimum Gasteiger partial charge on any atom is -0.358 e. The highest BCUT2D eigenvalue weighted by Gasteiger charge is 2.35. The van der Waals surface area contributed by atoms with Gasteiger partial charge in [-0.2, -0.15) is 0 Å². The van der Waals surface area contributed by atoms with Crippen LogP contribution in [0.5, 0.6) is 0 Å². The Morgan fingerprint density at radius 3 is 2.59 bits per heavy atom. The Balaban J connectivity index is 2.15. The highest BCUT2D eigenvalue weighted by molar-refractivity contribution is 5.94. The largest absolute Gasteiger partial charge is 0.358 e. The first-order chi connectivity index (χ1) is 10.4. The zero-order valence-corrected chi connectivity index (χ0v) is 13.7. The molecule has 2 amide bonds. The first-order valence-electron chi connectivity index (χ1n) is 7.63. The Morgan fingerprint density at radius 2 is 2.05 bits per heavy atom. The van der Waals surface area contributed by atoms with Crippen molar-refractivity contribution < 1.29 is 9.59 Å². The molecule has 22 heavy (non-hydrogen) atoms. The van der Waals surface area contributed by atoms with Crippen molar-refractivity contribution in [1.82, 2.24) is 20.1 Å². The van der Waals surface area contributed by atoms with Crippen LogP contribution < -0.4 is 5.32 Å². The van der Waals surface area contributed by atoms with E-state index in [-0.39, 0.29) is 23.9 Å². The molecule has 1 aromatic heterocycles. The number of aryl methyl sites for hydroxylation is 1. The third-order valence-electron chi connectivity index (χ3n) is 4.08. The van der Waals surface area contributed by atoms with Gasteiger partial charge in [-0.1, -0.05) is 0 Å². The number of nitrogens with zero attached hydrogens (tertiary/aromatic N) is 3. The number of nitrogens with one attached hydrogen (secondary N) is 1. The number of aromatic nitrogens is 1. The van der Waals surface area contributed by atoms with E-state index in [0.29, 0.717) is 25.2 Å². The van der Waals surface area contributed by atoms with Crippen molar-refractivity contribution in [3.8, 4) is 0 Å². The Morgan fingerprint density at radius 1 is 1.32 bits per heavy atom. The van der Waals surface area contributed by atoms with Gasteiger partial charge in [-0.05, 0) is 32.9 Å². The van der Waals surface area contributed by atoms with Gasteiger partial charge < -0.3 is 10.2 Å². The summed E-state index contributed by atoms with van der Waals surface area (Å²) < 4.78 is 0. The Labute approximate surface area is 131 Å². The second kappa shape index (κ2) is 6.87. The fourth-order valence-corrected chi connectivity index (χ4v) is 2.78. The third kappa shape index (κ3) is 3.44. The van der Waals surface area contributed by atoms with Crippen molar-refractivity contribution in [1.29, 1.82) is 0 Å². The Hall–Kier alpha value is -1.95. The maximum Gasteiger partial charge on any atom is 0.255 e. The molecule has 0 aromatic carbocycles. The molecular formula is C16H24N4O2. The van der Waals surface area contributed by atoms with Crippen LogP contribution in [0.1, 0.15) is 29.9 Å². The van der Waals surface area contributed by atoms with Crippen LogP contribution in [0.15, 0.2) is 18.3 Å². The summed E-state index contributed by atoms with van der Waals surface area (Å²) in [6.07, 6.45) is 1.60. The summed E-state index contributed by atoms with van der Waals surface area (Å²) in [7, 11) is 1.63. The zero-order valence-electron chi connectivity index (χ0n) is 13.7. The van der Waals surface area contributed by atoms with Crippen LogP contribution in [0.25, 0.3) is 0 Å². The summed E-state index contributed by atoms with van der Waals surface area (Å²) >= 11 is 0. The number of likely N-dealkylation sites (N-methyl/N-ethyl adjacent to an activating group) is 1. The number of amides is 2. The molecule has 1 aliphatic rings. The van der Waals surface area contributed by atoms with Crippen molar-refractivity contribution in [2.45, 2.75) is 32.9 Å². The molecule has 0 bridgehead atoms. The minimum atomic E-state index is -0.305. The van der Waals surface area contributed by atoms with Gasteiger partial charge in [0.25, 0.3) is 5.91 Å². The molecule has 120 valence electrons. The van der Waals surface area contributed by atoms with Crippen molar-refractivity contribution in [3.63, 3.8) is 0 Å².